The SMILES string of the molecule is CN(CCCc1cnn(C)c1)CC(=O)O. The van der Waals surface area contributed by atoms with Crippen molar-refractivity contribution in [1.82, 2.24) is 14.7 Å². The van der Waals surface area contributed by atoms with E-state index < -0.39 is 5.97 Å². The van der Waals surface area contributed by atoms with E-state index in [1.54, 1.807) is 9.58 Å². The van der Waals surface area contributed by atoms with Gasteiger partial charge in [-0.3, -0.25) is 14.4 Å². The smallest absolute Gasteiger partial charge is 0.317 e. The van der Waals surface area contributed by atoms with E-state index in [0.29, 0.717) is 0 Å². The summed E-state index contributed by atoms with van der Waals surface area (Å²) in [6, 6.07) is 0. The molecule has 0 amide bonds. The summed E-state index contributed by atoms with van der Waals surface area (Å²) >= 11 is 0. The number of aliphatic carboxylic acids is 1. The third-order valence-corrected chi connectivity index (χ3v) is 2.17. The molecular formula is C10H17N3O2. The lowest BCUT2D eigenvalue weighted by molar-refractivity contribution is -0.137. The third kappa shape index (κ3) is 4.60. The van der Waals surface area contributed by atoms with Crippen molar-refractivity contribution in [2.45, 2.75) is 12.8 Å². The summed E-state index contributed by atoms with van der Waals surface area (Å²) < 4.78 is 1.77. The van der Waals surface area contributed by atoms with Crippen LogP contribution in [0, 0.1) is 0 Å². The maximum absolute atomic E-state index is 10.4. The highest BCUT2D eigenvalue weighted by atomic mass is 16.4. The van der Waals surface area contributed by atoms with Gasteiger partial charge in [0.05, 0.1) is 12.7 Å². The second-order valence-electron chi connectivity index (χ2n) is 3.76. The van der Waals surface area contributed by atoms with Crippen LogP contribution in [-0.2, 0) is 18.3 Å². The van der Waals surface area contributed by atoms with Crippen molar-refractivity contribution < 1.29 is 9.90 Å². The zero-order valence-corrected chi connectivity index (χ0v) is 9.18. The summed E-state index contributed by atoms with van der Waals surface area (Å²) in [5.74, 6) is -0.779. The first kappa shape index (κ1) is 11.7. The molecule has 1 heterocycles. The number of likely N-dealkylation sites (N-methyl/N-ethyl adjacent to an activating group) is 1. The van der Waals surface area contributed by atoms with Crippen LogP contribution in [0.15, 0.2) is 12.4 Å². The van der Waals surface area contributed by atoms with Crippen LogP contribution in [-0.4, -0.2) is 45.9 Å². The number of aryl methyl sites for hydroxylation is 2. The number of carbonyl (C=O) groups is 1. The molecule has 0 atom stereocenters. The summed E-state index contributed by atoms with van der Waals surface area (Å²) in [7, 11) is 3.71. The largest absolute Gasteiger partial charge is 0.480 e. The molecule has 1 aromatic heterocycles. The second-order valence-corrected chi connectivity index (χ2v) is 3.76. The van der Waals surface area contributed by atoms with E-state index in [0.717, 1.165) is 19.4 Å². The van der Waals surface area contributed by atoms with Gasteiger partial charge in [0.1, 0.15) is 0 Å². The Balaban J connectivity index is 2.18. The lowest BCUT2D eigenvalue weighted by Crippen LogP contribution is -2.26. The Morgan fingerprint density at radius 2 is 2.40 bits per heavy atom. The molecule has 0 spiro atoms. The van der Waals surface area contributed by atoms with Crippen molar-refractivity contribution >= 4 is 5.97 Å². The van der Waals surface area contributed by atoms with Gasteiger partial charge in [-0.1, -0.05) is 0 Å². The second kappa shape index (κ2) is 5.50. The number of hydrogen-bond donors (Lipinski definition) is 1. The normalized spacial score (nSPS) is 10.9. The minimum absolute atomic E-state index is 0.104. The molecule has 5 nitrogen and oxygen atoms in total. The molecule has 0 unspecified atom stereocenters. The Labute approximate surface area is 89.3 Å². The van der Waals surface area contributed by atoms with Crippen LogP contribution >= 0.6 is 0 Å². The van der Waals surface area contributed by atoms with Crippen molar-refractivity contribution in [2.75, 3.05) is 20.1 Å². The molecule has 1 rings (SSSR count). The van der Waals surface area contributed by atoms with E-state index in [4.69, 9.17) is 5.11 Å². The number of rotatable bonds is 6. The lowest BCUT2D eigenvalue weighted by Gasteiger charge is -2.12. The predicted molar refractivity (Wildman–Crippen MR) is 56.7 cm³/mol. The van der Waals surface area contributed by atoms with Crippen LogP contribution in [0.1, 0.15) is 12.0 Å². The molecule has 0 aliphatic rings. The molecule has 0 saturated heterocycles. The van der Waals surface area contributed by atoms with E-state index in [2.05, 4.69) is 5.10 Å². The summed E-state index contributed by atoms with van der Waals surface area (Å²) in [6.45, 7) is 0.897. The first-order valence-corrected chi connectivity index (χ1v) is 4.96. The molecule has 0 radical (unpaired) electrons. The molecule has 1 N–H and O–H groups in total. The van der Waals surface area contributed by atoms with Gasteiger partial charge in [0.15, 0.2) is 0 Å². The minimum atomic E-state index is -0.779. The maximum atomic E-state index is 10.4. The zero-order chi connectivity index (χ0) is 11.3. The number of aromatic nitrogens is 2. The van der Waals surface area contributed by atoms with Gasteiger partial charge < -0.3 is 5.11 Å². The Hall–Kier alpha value is -1.36. The van der Waals surface area contributed by atoms with Crippen molar-refractivity contribution in [3.05, 3.63) is 18.0 Å². The Bertz CT molecular complexity index is 322. The molecule has 0 bridgehead atoms. The van der Waals surface area contributed by atoms with E-state index in [9.17, 15) is 4.79 Å². The summed E-state index contributed by atoms with van der Waals surface area (Å²) in [5.41, 5.74) is 1.20. The monoisotopic (exact) mass is 211 g/mol. The van der Waals surface area contributed by atoms with Crippen LogP contribution in [0.2, 0.25) is 0 Å². The number of carboxylic acid groups (broad SMARTS) is 1. The van der Waals surface area contributed by atoms with Gasteiger partial charge >= 0.3 is 5.97 Å². The number of nitrogens with zero attached hydrogens (tertiary/aromatic N) is 3. The summed E-state index contributed by atoms with van der Waals surface area (Å²) in [6.07, 6.45) is 5.72. The lowest BCUT2D eigenvalue weighted by atomic mass is 10.2. The van der Waals surface area contributed by atoms with Crippen molar-refractivity contribution in [3.8, 4) is 0 Å². The van der Waals surface area contributed by atoms with Crippen LogP contribution in [0.5, 0.6) is 0 Å². The van der Waals surface area contributed by atoms with Gasteiger partial charge in [-0.25, -0.2) is 0 Å². The van der Waals surface area contributed by atoms with E-state index >= 15 is 0 Å². The van der Waals surface area contributed by atoms with Crippen LogP contribution in [0.25, 0.3) is 0 Å². The Morgan fingerprint density at radius 1 is 1.67 bits per heavy atom. The van der Waals surface area contributed by atoms with Crippen LogP contribution < -0.4 is 0 Å². The highest BCUT2D eigenvalue weighted by Gasteiger charge is 2.04. The predicted octanol–water partition coefficient (Wildman–Crippen LogP) is 0.369. The highest BCUT2D eigenvalue weighted by molar-refractivity contribution is 5.68. The van der Waals surface area contributed by atoms with E-state index in [1.807, 2.05) is 26.5 Å². The Morgan fingerprint density at radius 3 is 2.93 bits per heavy atom. The quantitative estimate of drug-likeness (QED) is 0.738. The van der Waals surface area contributed by atoms with E-state index in [1.165, 1.54) is 5.56 Å². The fourth-order valence-corrected chi connectivity index (χ4v) is 1.46. The van der Waals surface area contributed by atoms with Crippen LogP contribution in [0.3, 0.4) is 0 Å². The molecule has 0 saturated carbocycles. The van der Waals surface area contributed by atoms with Gasteiger partial charge in [0.2, 0.25) is 0 Å². The first-order chi connectivity index (χ1) is 7.08. The number of hydrogen-bond acceptors (Lipinski definition) is 3. The number of carboxylic acids is 1. The molecule has 84 valence electrons. The molecule has 0 aromatic carbocycles. The van der Waals surface area contributed by atoms with Gasteiger partial charge in [-0.15, -0.1) is 0 Å². The minimum Gasteiger partial charge on any atom is -0.480 e. The standard InChI is InChI=1S/C10H17N3O2/c1-12(8-10(14)15)5-3-4-9-6-11-13(2)7-9/h6-7H,3-5,8H2,1-2H3,(H,14,15). The Kier molecular flexibility index (Phi) is 4.30. The average molecular weight is 211 g/mol. The molecule has 0 aliphatic heterocycles. The summed E-state index contributed by atoms with van der Waals surface area (Å²) in [4.78, 5) is 12.2. The molecule has 5 heteroatoms. The van der Waals surface area contributed by atoms with Gasteiger partial charge in [0.25, 0.3) is 0 Å². The fraction of sp³-hybridized carbons (Fsp3) is 0.600. The highest BCUT2D eigenvalue weighted by Crippen LogP contribution is 2.01. The topological polar surface area (TPSA) is 58.4 Å². The molecule has 1 aromatic rings. The first-order valence-electron chi connectivity index (χ1n) is 4.96. The van der Waals surface area contributed by atoms with Crippen molar-refractivity contribution in [2.24, 2.45) is 7.05 Å². The summed E-state index contributed by atoms with van der Waals surface area (Å²) in [5, 5.41) is 12.6. The van der Waals surface area contributed by atoms with E-state index in [-0.39, 0.29) is 6.54 Å². The molecule has 0 fully saturated rings. The van der Waals surface area contributed by atoms with Gasteiger partial charge in [-0.05, 0) is 32.0 Å². The molecular weight excluding hydrogens is 194 g/mol. The average Bonchev–Trinajstić information content (AvgIpc) is 2.50. The third-order valence-electron chi connectivity index (χ3n) is 2.17. The van der Waals surface area contributed by atoms with Crippen molar-refractivity contribution in [1.29, 1.82) is 0 Å². The molecule has 0 aliphatic carbocycles. The van der Waals surface area contributed by atoms with Gasteiger partial charge in [0, 0.05) is 13.2 Å². The van der Waals surface area contributed by atoms with Gasteiger partial charge in [-0.2, -0.15) is 5.10 Å². The van der Waals surface area contributed by atoms with Crippen molar-refractivity contribution in [3.63, 3.8) is 0 Å². The van der Waals surface area contributed by atoms with Crippen LogP contribution in [0.4, 0.5) is 0 Å². The molecule has 15 heavy (non-hydrogen) atoms. The fourth-order valence-electron chi connectivity index (χ4n) is 1.46. The zero-order valence-electron chi connectivity index (χ0n) is 9.18. The maximum Gasteiger partial charge on any atom is 0.317 e.